The molecule has 35 heavy (non-hydrogen) atoms. The zero-order chi connectivity index (χ0) is 24.5. The van der Waals surface area contributed by atoms with Crippen LogP contribution >= 0.6 is 0 Å². The molecule has 0 spiro atoms. The van der Waals surface area contributed by atoms with E-state index in [2.05, 4.69) is 25.4 Å². The predicted molar refractivity (Wildman–Crippen MR) is 131 cm³/mol. The number of amides is 2. The number of H-pyrrole nitrogens is 1. The van der Waals surface area contributed by atoms with Crippen molar-refractivity contribution < 1.29 is 14.7 Å². The minimum atomic E-state index is -0.326. The van der Waals surface area contributed by atoms with E-state index in [0.717, 1.165) is 16.7 Å². The second kappa shape index (κ2) is 9.18. The number of aryl methyl sites for hydroxylation is 1. The first-order valence-electron chi connectivity index (χ1n) is 11.3. The van der Waals surface area contributed by atoms with Crippen molar-refractivity contribution in [2.75, 3.05) is 36.5 Å². The van der Waals surface area contributed by atoms with E-state index in [1.54, 1.807) is 34.8 Å². The van der Waals surface area contributed by atoms with Gasteiger partial charge >= 0.3 is 0 Å². The highest BCUT2D eigenvalue weighted by molar-refractivity contribution is 6.03. The molecule has 5 rings (SSSR count). The van der Waals surface area contributed by atoms with Gasteiger partial charge in [0.1, 0.15) is 11.5 Å². The number of rotatable bonds is 5. The summed E-state index contributed by atoms with van der Waals surface area (Å²) in [4.78, 5) is 40.5. The maximum absolute atomic E-state index is 12.8. The van der Waals surface area contributed by atoms with Crippen molar-refractivity contribution in [3.05, 3.63) is 54.2 Å². The summed E-state index contributed by atoms with van der Waals surface area (Å²) in [7, 11) is 1.79. The van der Waals surface area contributed by atoms with E-state index >= 15 is 0 Å². The molecule has 1 atom stereocenters. The van der Waals surface area contributed by atoms with Crippen LogP contribution in [0.2, 0.25) is 0 Å². The Morgan fingerprint density at radius 1 is 1.20 bits per heavy atom. The number of piperazine rings is 1. The Morgan fingerprint density at radius 3 is 2.74 bits per heavy atom. The molecule has 1 unspecified atom stereocenters. The van der Waals surface area contributed by atoms with Gasteiger partial charge in [0.15, 0.2) is 11.6 Å². The van der Waals surface area contributed by atoms with Crippen molar-refractivity contribution >= 4 is 34.5 Å². The fourth-order valence-electron chi connectivity index (χ4n) is 4.35. The van der Waals surface area contributed by atoms with Crippen molar-refractivity contribution in [2.45, 2.75) is 13.0 Å². The maximum Gasteiger partial charge on any atom is 0.258 e. The first-order valence-corrected chi connectivity index (χ1v) is 11.3. The molecule has 1 aliphatic heterocycles. The summed E-state index contributed by atoms with van der Waals surface area (Å²) in [6, 6.07) is 12.7. The number of carbonyl (C=O) groups is 2. The second-order valence-corrected chi connectivity index (χ2v) is 8.50. The smallest absolute Gasteiger partial charge is 0.258 e. The number of imidazole rings is 1. The highest BCUT2D eigenvalue weighted by atomic mass is 16.3. The summed E-state index contributed by atoms with van der Waals surface area (Å²) in [5, 5.41) is 16.9. The quantitative estimate of drug-likeness (QED) is 0.401. The highest BCUT2D eigenvalue weighted by Crippen LogP contribution is 2.23. The van der Waals surface area contributed by atoms with Gasteiger partial charge in [-0.1, -0.05) is 12.1 Å². The number of hydrogen-bond donors (Lipinski definition) is 3. The summed E-state index contributed by atoms with van der Waals surface area (Å²) in [5.41, 5.74) is 2.92. The number of aromatic nitrogens is 5. The normalized spacial score (nSPS) is 16.0. The number of fused-ring (bicyclic) bond motifs is 1. The molecule has 11 heteroatoms. The van der Waals surface area contributed by atoms with E-state index in [9.17, 15) is 14.7 Å². The lowest BCUT2D eigenvalue weighted by atomic mass is 10.1. The van der Waals surface area contributed by atoms with E-state index in [0.29, 0.717) is 42.7 Å². The predicted octanol–water partition coefficient (Wildman–Crippen LogP) is 1.64. The van der Waals surface area contributed by atoms with Crippen LogP contribution in [0, 0.1) is 0 Å². The lowest BCUT2D eigenvalue weighted by Gasteiger charge is -2.40. The van der Waals surface area contributed by atoms with E-state index in [1.165, 1.54) is 13.1 Å². The number of aliphatic hydroxyl groups is 1. The number of nitrogens with zero attached hydrogens (tertiary/aromatic N) is 6. The van der Waals surface area contributed by atoms with Crippen LogP contribution in [0.5, 0.6) is 0 Å². The first-order chi connectivity index (χ1) is 16.9. The Hall–Kier alpha value is -4.25. The van der Waals surface area contributed by atoms with Crippen molar-refractivity contribution in [2.24, 2.45) is 7.05 Å². The van der Waals surface area contributed by atoms with Crippen molar-refractivity contribution in [1.82, 2.24) is 29.6 Å². The number of anilines is 2. The monoisotopic (exact) mass is 474 g/mol. The third-order valence-corrected chi connectivity index (χ3v) is 6.19. The zero-order valence-corrected chi connectivity index (χ0v) is 19.5. The fourth-order valence-corrected chi connectivity index (χ4v) is 4.35. The SMILES string of the molecule is CC(=O)N1CCN(c2ccc(C(=O)Nc3cc(-c4nc5ccccc5[nH]4)n(C)n3)cn2)CC1CO. The summed E-state index contributed by atoms with van der Waals surface area (Å²) in [6.45, 7) is 2.99. The van der Waals surface area contributed by atoms with Gasteiger partial charge in [0.25, 0.3) is 5.91 Å². The van der Waals surface area contributed by atoms with Gasteiger partial charge in [-0.05, 0) is 24.3 Å². The van der Waals surface area contributed by atoms with Crippen LogP contribution in [0.25, 0.3) is 22.6 Å². The number of para-hydroxylation sites is 2. The first kappa shape index (κ1) is 22.5. The Labute approximate surface area is 201 Å². The van der Waals surface area contributed by atoms with Gasteiger partial charge in [0.2, 0.25) is 5.91 Å². The van der Waals surface area contributed by atoms with E-state index in [-0.39, 0.29) is 24.5 Å². The van der Waals surface area contributed by atoms with Crippen molar-refractivity contribution in [3.8, 4) is 11.5 Å². The number of pyridine rings is 1. The molecule has 4 heterocycles. The molecule has 0 saturated carbocycles. The molecule has 0 radical (unpaired) electrons. The molecule has 1 saturated heterocycles. The maximum atomic E-state index is 12.8. The van der Waals surface area contributed by atoms with Gasteiger partial charge < -0.3 is 25.2 Å². The van der Waals surface area contributed by atoms with E-state index < -0.39 is 0 Å². The fraction of sp³-hybridized carbons (Fsp3) is 0.292. The minimum absolute atomic E-state index is 0.0540. The number of nitrogens with one attached hydrogen (secondary N) is 2. The van der Waals surface area contributed by atoms with Crippen LogP contribution in [0.4, 0.5) is 11.6 Å². The molecule has 3 aromatic heterocycles. The third kappa shape index (κ3) is 4.45. The van der Waals surface area contributed by atoms with Crippen LogP contribution in [-0.2, 0) is 11.8 Å². The third-order valence-electron chi connectivity index (χ3n) is 6.19. The molecular formula is C24H26N8O3. The van der Waals surface area contributed by atoms with Crippen molar-refractivity contribution in [3.63, 3.8) is 0 Å². The summed E-state index contributed by atoms with van der Waals surface area (Å²) < 4.78 is 1.66. The standard InChI is InChI=1S/C24H26N8O3/c1-15(34)32-10-9-31(13-17(32)14-33)22-8-7-16(12-25-22)24(35)28-21-11-20(30(2)29-21)23-26-18-5-3-4-6-19(18)27-23/h3-8,11-12,17,33H,9-10,13-14H2,1-2H3,(H,26,27)(H,28,29,35). The van der Waals surface area contributed by atoms with Gasteiger partial charge in [-0.15, -0.1) is 0 Å². The molecule has 1 aliphatic rings. The molecule has 2 amide bonds. The number of hydrogen-bond acceptors (Lipinski definition) is 7. The summed E-state index contributed by atoms with van der Waals surface area (Å²) in [5.74, 6) is 1.38. The summed E-state index contributed by atoms with van der Waals surface area (Å²) in [6.07, 6.45) is 1.51. The lowest BCUT2D eigenvalue weighted by Crippen LogP contribution is -2.56. The molecule has 4 aromatic rings. The second-order valence-electron chi connectivity index (χ2n) is 8.50. The Bertz CT molecular complexity index is 1340. The zero-order valence-electron chi connectivity index (χ0n) is 19.5. The van der Waals surface area contributed by atoms with E-state index in [1.807, 2.05) is 29.2 Å². The average Bonchev–Trinajstić information content (AvgIpc) is 3.46. The summed E-state index contributed by atoms with van der Waals surface area (Å²) >= 11 is 0. The number of carbonyl (C=O) groups excluding carboxylic acids is 2. The van der Waals surface area contributed by atoms with Crippen molar-refractivity contribution in [1.29, 1.82) is 0 Å². The Balaban J connectivity index is 1.27. The molecule has 11 nitrogen and oxygen atoms in total. The largest absolute Gasteiger partial charge is 0.394 e. The number of benzene rings is 1. The van der Waals surface area contributed by atoms with Gasteiger partial charge in [0, 0.05) is 45.9 Å². The molecular weight excluding hydrogens is 448 g/mol. The van der Waals surface area contributed by atoms with Crippen LogP contribution < -0.4 is 10.2 Å². The molecule has 0 aliphatic carbocycles. The Kier molecular flexibility index (Phi) is 5.91. The lowest BCUT2D eigenvalue weighted by molar-refractivity contribution is -0.132. The molecule has 3 N–H and O–H groups in total. The Morgan fingerprint density at radius 2 is 2.03 bits per heavy atom. The molecule has 1 fully saturated rings. The average molecular weight is 475 g/mol. The van der Waals surface area contributed by atoms with Crippen LogP contribution in [0.15, 0.2) is 48.7 Å². The number of aromatic amines is 1. The van der Waals surface area contributed by atoms with Crippen LogP contribution in [0.1, 0.15) is 17.3 Å². The van der Waals surface area contributed by atoms with E-state index in [4.69, 9.17) is 0 Å². The highest BCUT2D eigenvalue weighted by Gasteiger charge is 2.28. The van der Waals surface area contributed by atoms with Gasteiger partial charge in [-0.2, -0.15) is 5.10 Å². The van der Waals surface area contributed by atoms with Gasteiger partial charge in [-0.25, -0.2) is 9.97 Å². The molecule has 1 aromatic carbocycles. The van der Waals surface area contributed by atoms with Crippen LogP contribution in [0.3, 0.4) is 0 Å². The van der Waals surface area contributed by atoms with Gasteiger partial charge in [0.05, 0.1) is 29.2 Å². The van der Waals surface area contributed by atoms with Gasteiger partial charge in [-0.3, -0.25) is 14.3 Å². The molecule has 180 valence electrons. The molecule has 0 bridgehead atoms. The van der Waals surface area contributed by atoms with Crippen LogP contribution in [-0.4, -0.2) is 78.8 Å². The minimum Gasteiger partial charge on any atom is -0.394 e. The topological polar surface area (TPSA) is 132 Å². The number of aliphatic hydroxyl groups excluding tert-OH is 1.